The van der Waals surface area contributed by atoms with Crippen molar-refractivity contribution in [1.82, 2.24) is 4.90 Å². The van der Waals surface area contributed by atoms with Crippen molar-refractivity contribution < 1.29 is 14.7 Å². The molecule has 17 heavy (non-hydrogen) atoms. The number of carbonyl (C=O) groups is 2. The number of amides is 1. The van der Waals surface area contributed by atoms with Crippen molar-refractivity contribution in [3.8, 4) is 0 Å². The second-order valence-corrected chi connectivity index (χ2v) is 5.79. The number of hydrogen-bond donors (Lipinski definition) is 1. The first kappa shape index (κ1) is 12.7. The first-order valence-electron chi connectivity index (χ1n) is 4.99. The molecule has 2 heterocycles. The van der Waals surface area contributed by atoms with Crippen LogP contribution in [0, 0.1) is 0 Å². The molecule has 1 N–H and O–H groups in total. The molecule has 0 aromatic carbocycles. The summed E-state index contributed by atoms with van der Waals surface area (Å²) >= 11 is 12.6. The number of halogens is 2. The lowest BCUT2D eigenvalue weighted by molar-refractivity contribution is -0.141. The predicted octanol–water partition coefficient (Wildman–Crippen LogP) is 2.74. The van der Waals surface area contributed by atoms with Crippen molar-refractivity contribution in [2.45, 2.75) is 18.9 Å². The molecule has 1 aromatic heterocycles. The molecule has 0 spiro atoms. The molecule has 0 saturated carbocycles. The maximum absolute atomic E-state index is 12.1. The van der Waals surface area contributed by atoms with Gasteiger partial charge in [0.05, 0.1) is 9.90 Å². The average molecular weight is 294 g/mol. The van der Waals surface area contributed by atoms with E-state index in [4.69, 9.17) is 28.3 Å². The molecule has 1 aromatic rings. The zero-order valence-corrected chi connectivity index (χ0v) is 11.0. The monoisotopic (exact) mass is 293 g/mol. The second-order valence-electron chi connectivity index (χ2n) is 3.73. The average Bonchev–Trinajstić information content (AvgIpc) is 2.85. The largest absolute Gasteiger partial charge is 0.480 e. The Hall–Kier alpha value is -0.780. The van der Waals surface area contributed by atoms with Crippen LogP contribution in [0.25, 0.3) is 0 Å². The molecule has 0 aliphatic carbocycles. The van der Waals surface area contributed by atoms with Crippen LogP contribution in [0.3, 0.4) is 0 Å². The third-order valence-electron chi connectivity index (χ3n) is 2.65. The molecule has 1 atom stereocenters. The highest BCUT2D eigenvalue weighted by molar-refractivity contribution is 7.18. The Kier molecular flexibility index (Phi) is 3.61. The molecule has 1 saturated heterocycles. The van der Waals surface area contributed by atoms with Crippen molar-refractivity contribution in [3.05, 3.63) is 20.3 Å². The Morgan fingerprint density at radius 2 is 2.18 bits per heavy atom. The number of aliphatic carboxylic acids is 1. The van der Waals surface area contributed by atoms with E-state index in [0.717, 1.165) is 11.3 Å². The van der Waals surface area contributed by atoms with Gasteiger partial charge in [0.15, 0.2) is 0 Å². The molecular weight excluding hydrogens is 285 g/mol. The quantitative estimate of drug-likeness (QED) is 0.912. The zero-order valence-electron chi connectivity index (χ0n) is 8.65. The third kappa shape index (κ3) is 2.41. The van der Waals surface area contributed by atoms with E-state index in [0.29, 0.717) is 33.6 Å². The van der Waals surface area contributed by atoms with E-state index in [-0.39, 0.29) is 5.91 Å². The Balaban J connectivity index is 2.22. The lowest BCUT2D eigenvalue weighted by Crippen LogP contribution is -2.40. The lowest BCUT2D eigenvalue weighted by Gasteiger charge is -2.20. The van der Waals surface area contributed by atoms with Crippen molar-refractivity contribution in [2.75, 3.05) is 6.54 Å². The maximum atomic E-state index is 12.1. The van der Waals surface area contributed by atoms with Crippen LogP contribution < -0.4 is 0 Å². The van der Waals surface area contributed by atoms with Crippen LogP contribution in [-0.4, -0.2) is 34.5 Å². The van der Waals surface area contributed by atoms with E-state index in [1.807, 2.05) is 0 Å². The SMILES string of the molecule is O=C(O)C1CCCN1C(=O)c1cc(Cl)c(Cl)s1. The molecule has 0 radical (unpaired) electrons. The molecule has 1 aliphatic rings. The molecular formula is C10H9Cl2NO3S. The van der Waals surface area contributed by atoms with Gasteiger partial charge in [-0.25, -0.2) is 4.79 Å². The van der Waals surface area contributed by atoms with Crippen molar-refractivity contribution in [1.29, 1.82) is 0 Å². The summed E-state index contributed by atoms with van der Waals surface area (Å²) in [6, 6.07) is 0.746. The van der Waals surface area contributed by atoms with Crippen LogP contribution in [0.5, 0.6) is 0 Å². The minimum atomic E-state index is -0.968. The van der Waals surface area contributed by atoms with Gasteiger partial charge in [0.25, 0.3) is 5.91 Å². The third-order valence-corrected chi connectivity index (χ3v) is 4.51. The van der Waals surface area contributed by atoms with Crippen LogP contribution in [0.1, 0.15) is 22.5 Å². The van der Waals surface area contributed by atoms with E-state index in [9.17, 15) is 9.59 Å². The molecule has 2 rings (SSSR count). The highest BCUT2D eigenvalue weighted by Gasteiger charge is 2.35. The van der Waals surface area contributed by atoms with Crippen molar-refractivity contribution in [3.63, 3.8) is 0 Å². The van der Waals surface area contributed by atoms with Gasteiger partial charge < -0.3 is 10.0 Å². The first-order valence-corrected chi connectivity index (χ1v) is 6.56. The first-order chi connectivity index (χ1) is 8.00. The molecule has 0 bridgehead atoms. The van der Waals surface area contributed by atoms with Gasteiger partial charge in [-0.05, 0) is 18.9 Å². The molecule has 1 amide bonds. The molecule has 92 valence electrons. The summed E-state index contributed by atoms with van der Waals surface area (Å²) < 4.78 is 0.348. The van der Waals surface area contributed by atoms with Gasteiger partial charge in [-0.1, -0.05) is 23.2 Å². The smallest absolute Gasteiger partial charge is 0.326 e. The lowest BCUT2D eigenvalue weighted by atomic mass is 10.2. The number of likely N-dealkylation sites (tertiary alicyclic amines) is 1. The zero-order chi connectivity index (χ0) is 12.6. The van der Waals surface area contributed by atoms with Gasteiger partial charge >= 0.3 is 5.97 Å². The highest BCUT2D eigenvalue weighted by atomic mass is 35.5. The van der Waals surface area contributed by atoms with Gasteiger partial charge in [-0.2, -0.15) is 0 Å². The minimum Gasteiger partial charge on any atom is -0.480 e. The number of rotatable bonds is 2. The minimum absolute atomic E-state index is 0.311. The predicted molar refractivity (Wildman–Crippen MR) is 66.0 cm³/mol. The van der Waals surface area contributed by atoms with Crippen LogP contribution in [0.15, 0.2) is 6.07 Å². The summed E-state index contributed by atoms with van der Waals surface area (Å²) in [6.07, 6.45) is 1.20. The summed E-state index contributed by atoms with van der Waals surface area (Å²) in [5, 5.41) is 9.32. The maximum Gasteiger partial charge on any atom is 0.326 e. The molecule has 4 nitrogen and oxygen atoms in total. The van der Waals surface area contributed by atoms with Crippen LogP contribution >= 0.6 is 34.5 Å². The summed E-state index contributed by atoms with van der Waals surface area (Å²) in [5.74, 6) is -1.28. The van der Waals surface area contributed by atoms with Crippen LogP contribution in [-0.2, 0) is 4.79 Å². The Morgan fingerprint density at radius 3 is 2.71 bits per heavy atom. The van der Waals surface area contributed by atoms with E-state index >= 15 is 0 Å². The number of nitrogens with zero attached hydrogens (tertiary/aromatic N) is 1. The molecule has 1 aliphatic heterocycles. The molecule has 7 heteroatoms. The Morgan fingerprint density at radius 1 is 1.47 bits per heavy atom. The van der Waals surface area contributed by atoms with Gasteiger partial charge in [-0.3, -0.25) is 4.79 Å². The van der Waals surface area contributed by atoms with E-state index in [2.05, 4.69) is 0 Å². The van der Waals surface area contributed by atoms with Crippen LogP contribution in [0.2, 0.25) is 9.36 Å². The second kappa shape index (κ2) is 4.84. The van der Waals surface area contributed by atoms with E-state index in [1.165, 1.54) is 11.0 Å². The molecule has 1 unspecified atom stereocenters. The molecule has 1 fully saturated rings. The number of carboxylic acids is 1. The fourth-order valence-electron chi connectivity index (χ4n) is 1.86. The van der Waals surface area contributed by atoms with Crippen molar-refractivity contribution >= 4 is 46.4 Å². The summed E-state index contributed by atoms with van der Waals surface area (Å²) in [4.78, 5) is 24.8. The fraction of sp³-hybridized carbons (Fsp3) is 0.400. The standard InChI is InChI=1S/C10H9Cl2NO3S/c11-5-4-7(17-8(5)12)9(14)13-3-1-2-6(13)10(15)16/h4,6H,1-3H2,(H,15,16). The van der Waals surface area contributed by atoms with Crippen molar-refractivity contribution in [2.24, 2.45) is 0 Å². The van der Waals surface area contributed by atoms with Gasteiger partial charge in [0, 0.05) is 6.54 Å². The number of carbonyl (C=O) groups excluding carboxylic acids is 1. The van der Waals surface area contributed by atoms with Gasteiger partial charge in [0.2, 0.25) is 0 Å². The van der Waals surface area contributed by atoms with Gasteiger partial charge in [0.1, 0.15) is 10.4 Å². The number of carboxylic acid groups (broad SMARTS) is 1. The Bertz CT molecular complexity index is 455. The summed E-state index contributed by atoms with van der Waals surface area (Å²) in [6.45, 7) is 0.461. The number of thiophene rings is 1. The fourth-order valence-corrected chi connectivity index (χ4v) is 3.18. The van der Waals surface area contributed by atoms with Crippen LogP contribution in [0.4, 0.5) is 0 Å². The topological polar surface area (TPSA) is 57.6 Å². The van der Waals surface area contributed by atoms with E-state index in [1.54, 1.807) is 0 Å². The van der Waals surface area contributed by atoms with E-state index < -0.39 is 12.0 Å². The normalized spacial score (nSPS) is 19.6. The van der Waals surface area contributed by atoms with Gasteiger partial charge in [-0.15, -0.1) is 11.3 Å². The summed E-state index contributed by atoms with van der Waals surface area (Å²) in [7, 11) is 0. The summed E-state index contributed by atoms with van der Waals surface area (Å²) in [5.41, 5.74) is 0. The Labute approximate surface area is 112 Å². The number of hydrogen-bond acceptors (Lipinski definition) is 3. The highest BCUT2D eigenvalue weighted by Crippen LogP contribution is 2.33.